The molecule has 0 saturated carbocycles. The van der Waals surface area contributed by atoms with Crippen molar-refractivity contribution in [1.29, 1.82) is 0 Å². The average Bonchev–Trinajstić information content (AvgIpc) is 2.94. The number of benzene rings is 2. The van der Waals surface area contributed by atoms with Gasteiger partial charge in [0.2, 0.25) is 11.8 Å². The molecule has 2 aromatic rings. The lowest BCUT2D eigenvalue weighted by molar-refractivity contribution is -0.141. The summed E-state index contributed by atoms with van der Waals surface area (Å²) in [5.74, 6) is -2.01. The van der Waals surface area contributed by atoms with E-state index >= 15 is 0 Å². The molecular formula is C34H49ClN4O6. The van der Waals surface area contributed by atoms with E-state index in [0.717, 1.165) is 32.1 Å². The molecule has 2 aromatic carbocycles. The Morgan fingerprint density at radius 3 is 2.22 bits per heavy atom. The van der Waals surface area contributed by atoms with Gasteiger partial charge >= 0.3 is 6.09 Å². The quantitative estimate of drug-likeness (QED) is 0.149. The summed E-state index contributed by atoms with van der Waals surface area (Å²) < 4.78 is 5.40. The van der Waals surface area contributed by atoms with Gasteiger partial charge in [-0.05, 0) is 64.7 Å². The summed E-state index contributed by atoms with van der Waals surface area (Å²) in [5.41, 5.74) is 6.39. The molecule has 2 rings (SSSR count). The SMILES string of the molecule is CCCCCCCCN(C(=O)C(CCC(N)=O)NC(=O)OC(C)(C)C)C(C(=O)Nc1c(C)cccc1Cl)c1cccc(C)c1O. The molecule has 4 amide bonds. The molecule has 0 aromatic heterocycles. The summed E-state index contributed by atoms with van der Waals surface area (Å²) in [4.78, 5) is 54.6. The number of ether oxygens (including phenoxy) is 1. The van der Waals surface area contributed by atoms with E-state index in [2.05, 4.69) is 17.6 Å². The topological polar surface area (TPSA) is 151 Å². The monoisotopic (exact) mass is 644 g/mol. The lowest BCUT2D eigenvalue weighted by Crippen LogP contribution is -2.53. The van der Waals surface area contributed by atoms with Gasteiger partial charge in [0.05, 0.1) is 10.7 Å². The Morgan fingerprint density at radius 1 is 0.978 bits per heavy atom. The first kappa shape index (κ1) is 37.4. The van der Waals surface area contributed by atoms with Crippen LogP contribution in [0.1, 0.15) is 102 Å². The van der Waals surface area contributed by atoms with Gasteiger partial charge in [0.1, 0.15) is 23.4 Å². The zero-order chi connectivity index (χ0) is 33.7. The molecule has 2 unspecified atom stereocenters. The predicted octanol–water partition coefficient (Wildman–Crippen LogP) is 6.69. The van der Waals surface area contributed by atoms with E-state index in [1.165, 1.54) is 4.90 Å². The van der Waals surface area contributed by atoms with Crippen molar-refractivity contribution < 1.29 is 29.0 Å². The second-order valence-electron chi connectivity index (χ2n) is 12.3. The number of carbonyl (C=O) groups is 4. The lowest BCUT2D eigenvalue weighted by atomic mass is 9.97. The Bertz CT molecular complexity index is 1310. The standard InChI is InChI=1S/C34H49ClN4O6/c1-7-8-9-10-11-12-21-39(32(43)26(19-20-27(36)40)37-33(44)45-34(4,5)6)29(24-17-13-16-23(3)30(24)41)31(42)38-28-22(2)15-14-18-25(28)35/h13-18,26,29,41H,7-12,19-21H2,1-6H3,(H2,36,40)(H,37,44)(H,38,42). The molecule has 10 nitrogen and oxygen atoms in total. The minimum absolute atomic E-state index is 0.113. The number of unbranched alkanes of at least 4 members (excludes halogenated alkanes) is 5. The molecule has 5 N–H and O–H groups in total. The van der Waals surface area contributed by atoms with Crippen LogP contribution in [0, 0.1) is 13.8 Å². The number of anilines is 1. The number of carbonyl (C=O) groups excluding carboxylic acids is 4. The van der Waals surface area contributed by atoms with Gasteiger partial charge in [0.25, 0.3) is 5.91 Å². The van der Waals surface area contributed by atoms with Crippen LogP contribution in [0.3, 0.4) is 0 Å². The zero-order valence-electron chi connectivity index (χ0n) is 27.4. The number of phenols is 1. The molecule has 0 saturated heterocycles. The van der Waals surface area contributed by atoms with E-state index < -0.39 is 41.5 Å². The van der Waals surface area contributed by atoms with Crippen LogP contribution < -0.4 is 16.4 Å². The number of nitrogens with two attached hydrogens (primary N) is 1. The van der Waals surface area contributed by atoms with E-state index in [9.17, 15) is 24.3 Å². The first-order valence-electron chi connectivity index (χ1n) is 15.6. The van der Waals surface area contributed by atoms with Gasteiger partial charge in [-0.25, -0.2) is 4.79 Å². The third-order valence-electron chi connectivity index (χ3n) is 7.30. The Kier molecular flexibility index (Phi) is 14.7. The fourth-order valence-electron chi connectivity index (χ4n) is 4.96. The molecule has 2 atom stereocenters. The van der Waals surface area contributed by atoms with Crippen LogP contribution in [0.5, 0.6) is 5.75 Å². The Labute approximate surface area is 272 Å². The fourth-order valence-corrected chi connectivity index (χ4v) is 5.23. The highest BCUT2D eigenvalue weighted by molar-refractivity contribution is 6.34. The number of alkyl carbamates (subject to hydrolysis) is 1. The fraction of sp³-hybridized carbons (Fsp3) is 0.529. The molecule has 45 heavy (non-hydrogen) atoms. The van der Waals surface area contributed by atoms with E-state index in [0.29, 0.717) is 28.3 Å². The minimum Gasteiger partial charge on any atom is -0.507 e. The molecule has 0 aliphatic rings. The normalized spacial score (nSPS) is 12.6. The summed E-state index contributed by atoms with van der Waals surface area (Å²) >= 11 is 6.45. The highest BCUT2D eigenvalue weighted by Crippen LogP contribution is 2.35. The molecule has 0 aliphatic carbocycles. The summed E-state index contributed by atoms with van der Waals surface area (Å²) in [6.07, 6.45) is 4.37. The van der Waals surface area contributed by atoms with Gasteiger partial charge in [-0.15, -0.1) is 0 Å². The number of amides is 4. The summed E-state index contributed by atoms with van der Waals surface area (Å²) in [7, 11) is 0. The van der Waals surface area contributed by atoms with Gasteiger partial charge < -0.3 is 31.1 Å². The lowest BCUT2D eigenvalue weighted by Gasteiger charge is -2.35. The number of nitrogens with one attached hydrogen (secondary N) is 2. The van der Waals surface area contributed by atoms with Crippen molar-refractivity contribution in [2.75, 3.05) is 11.9 Å². The van der Waals surface area contributed by atoms with Gasteiger partial charge in [-0.1, -0.05) is 81.0 Å². The van der Waals surface area contributed by atoms with Crippen molar-refractivity contribution in [1.82, 2.24) is 10.2 Å². The van der Waals surface area contributed by atoms with Gasteiger partial charge in [-0.2, -0.15) is 0 Å². The zero-order valence-corrected chi connectivity index (χ0v) is 28.1. The summed E-state index contributed by atoms with van der Waals surface area (Å²) in [6.45, 7) is 10.8. The van der Waals surface area contributed by atoms with Crippen LogP contribution in [-0.2, 0) is 19.1 Å². The van der Waals surface area contributed by atoms with Crippen molar-refractivity contribution in [2.45, 2.75) is 111 Å². The molecule has 0 spiro atoms. The van der Waals surface area contributed by atoms with Crippen LogP contribution in [0.25, 0.3) is 0 Å². The highest BCUT2D eigenvalue weighted by Gasteiger charge is 2.38. The van der Waals surface area contributed by atoms with Gasteiger partial charge in [0.15, 0.2) is 0 Å². The predicted molar refractivity (Wildman–Crippen MR) is 177 cm³/mol. The number of para-hydroxylation sites is 2. The minimum atomic E-state index is -1.31. The second kappa shape index (κ2) is 17.6. The first-order valence-corrected chi connectivity index (χ1v) is 16.0. The number of nitrogens with zero attached hydrogens (tertiary/aromatic N) is 1. The molecule has 11 heteroatoms. The first-order chi connectivity index (χ1) is 21.2. The van der Waals surface area contributed by atoms with Crippen molar-refractivity contribution in [3.05, 3.63) is 58.1 Å². The highest BCUT2D eigenvalue weighted by atomic mass is 35.5. The van der Waals surface area contributed by atoms with Crippen molar-refractivity contribution in [3.63, 3.8) is 0 Å². The Morgan fingerprint density at radius 2 is 1.60 bits per heavy atom. The van der Waals surface area contributed by atoms with Gasteiger partial charge in [-0.3, -0.25) is 14.4 Å². The van der Waals surface area contributed by atoms with Crippen LogP contribution in [-0.4, -0.2) is 52.0 Å². The van der Waals surface area contributed by atoms with Crippen LogP contribution >= 0.6 is 11.6 Å². The smallest absolute Gasteiger partial charge is 0.408 e. The number of aromatic hydroxyl groups is 1. The molecular weight excluding hydrogens is 596 g/mol. The number of phenolic OH excluding ortho intramolecular Hbond substituents is 1. The number of hydrogen-bond acceptors (Lipinski definition) is 6. The number of primary amides is 1. The molecule has 0 radical (unpaired) electrons. The van der Waals surface area contributed by atoms with E-state index in [1.54, 1.807) is 71.0 Å². The molecule has 248 valence electrons. The third kappa shape index (κ3) is 11.9. The Hall–Kier alpha value is -3.79. The Balaban J connectivity index is 2.63. The largest absolute Gasteiger partial charge is 0.507 e. The number of rotatable bonds is 16. The maximum absolute atomic E-state index is 14.4. The maximum atomic E-state index is 14.4. The van der Waals surface area contributed by atoms with E-state index in [4.69, 9.17) is 22.1 Å². The molecule has 0 bridgehead atoms. The summed E-state index contributed by atoms with van der Waals surface area (Å²) in [5, 5.41) is 17.0. The van der Waals surface area contributed by atoms with E-state index in [1.807, 2.05) is 0 Å². The van der Waals surface area contributed by atoms with Crippen molar-refractivity contribution >= 4 is 41.1 Å². The molecule has 0 heterocycles. The number of halogens is 1. The molecule has 0 aliphatic heterocycles. The van der Waals surface area contributed by atoms with Crippen molar-refractivity contribution in [2.24, 2.45) is 5.73 Å². The van der Waals surface area contributed by atoms with Crippen LogP contribution in [0.4, 0.5) is 10.5 Å². The average molecular weight is 645 g/mol. The second-order valence-corrected chi connectivity index (χ2v) is 12.7. The van der Waals surface area contributed by atoms with E-state index in [-0.39, 0.29) is 30.7 Å². The maximum Gasteiger partial charge on any atom is 0.408 e. The van der Waals surface area contributed by atoms with Crippen LogP contribution in [0.2, 0.25) is 5.02 Å². The van der Waals surface area contributed by atoms with Crippen LogP contribution in [0.15, 0.2) is 36.4 Å². The number of hydrogen-bond donors (Lipinski definition) is 4. The van der Waals surface area contributed by atoms with Gasteiger partial charge in [0, 0.05) is 18.5 Å². The molecule has 0 fully saturated rings. The number of aryl methyl sites for hydroxylation is 2. The summed E-state index contributed by atoms with van der Waals surface area (Å²) in [6, 6.07) is 7.65. The third-order valence-corrected chi connectivity index (χ3v) is 7.61. The van der Waals surface area contributed by atoms with Crippen molar-refractivity contribution in [3.8, 4) is 5.75 Å².